The molecule has 0 radical (unpaired) electrons. The number of halogens is 4. The topological polar surface area (TPSA) is 81.5 Å². The number of aromatic nitrogens is 2. The zero-order valence-electron chi connectivity index (χ0n) is 23.8. The Morgan fingerprint density at radius 3 is 2.48 bits per heavy atom. The molecule has 1 unspecified atom stereocenters. The van der Waals surface area contributed by atoms with E-state index in [4.69, 9.17) is 9.47 Å². The van der Waals surface area contributed by atoms with Gasteiger partial charge in [-0.2, -0.15) is 13.2 Å². The van der Waals surface area contributed by atoms with E-state index in [1.165, 1.54) is 44.4 Å². The van der Waals surface area contributed by atoms with E-state index in [1.54, 1.807) is 25.1 Å². The Balaban J connectivity index is 1.57. The largest absolute Gasteiger partial charge is 0.494 e. The predicted octanol–water partition coefficient (Wildman–Crippen LogP) is 7.14. The van der Waals surface area contributed by atoms with Crippen molar-refractivity contribution in [2.24, 2.45) is 0 Å². The summed E-state index contributed by atoms with van der Waals surface area (Å²) < 4.78 is 69.3. The number of hydrogen-bond acceptors (Lipinski definition) is 6. The minimum absolute atomic E-state index is 0.0623. The maximum absolute atomic E-state index is 14.7. The second-order valence-electron chi connectivity index (χ2n) is 11.4. The van der Waals surface area contributed by atoms with E-state index >= 15 is 0 Å². The zero-order chi connectivity index (χ0) is 30.6. The molecule has 2 aromatic carbocycles. The van der Waals surface area contributed by atoms with Crippen LogP contribution in [0.1, 0.15) is 59.6 Å². The Morgan fingerprint density at radius 2 is 1.81 bits per heavy atom. The number of fused-ring (bicyclic) bond motifs is 2. The third-order valence-corrected chi connectivity index (χ3v) is 7.76. The average molecular weight is 583 g/mol. The molecule has 6 nitrogen and oxygen atoms in total. The summed E-state index contributed by atoms with van der Waals surface area (Å²) in [6.45, 7) is 7.13. The lowest BCUT2D eigenvalue weighted by Gasteiger charge is -2.31. The summed E-state index contributed by atoms with van der Waals surface area (Å²) in [4.78, 5) is 21.9. The molecule has 0 bridgehead atoms. The lowest BCUT2D eigenvalue weighted by molar-refractivity contribution is -0.270. The van der Waals surface area contributed by atoms with Crippen molar-refractivity contribution in [3.63, 3.8) is 0 Å². The van der Waals surface area contributed by atoms with Crippen LogP contribution in [0.5, 0.6) is 11.5 Å². The van der Waals surface area contributed by atoms with Crippen LogP contribution in [0, 0.1) is 19.7 Å². The van der Waals surface area contributed by atoms with Crippen molar-refractivity contribution in [2.45, 2.75) is 57.7 Å². The number of Topliss-reactive ketones (excluding diaryl/α,β-unsaturated/α-hetero) is 1. The number of ketones is 1. The number of alkyl halides is 3. The number of hydrogen-bond donors (Lipinski definition) is 1. The molecule has 5 rings (SSSR count). The zero-order valence-corrected chi connectivity index (χ0v) is 23.8. The number of rotatable bonds is 7. The molecule has 1 aliphatic rings. The maximum Gasteiger partial charge on any atom is 0.422 e. The summed E-state index contributed by atoms with van der Waals surface area (Å²) >= 11 is 0. The van der Waals surface area contributed by atoms with E-state index in [2.05, 4.69) is 9.97 Å². The molecule has 0 amide bonds. The first-order valence-electron chi connectivity index (χ1n) is 13.4. The predicted molar refractivity (Wildman–Crippen MR) is 149 cm³/mol. The van der Waals surface area contributed by atoms with Crippen LogP contribution in [-0.4, -0.2) is 40.8 Å². The first-order valence-corrected chi connectivity index (χ1v) is 13.4. The van der Waals surface area contributed by atoms with Gasteiger partial charge in [0.1, 0.15) is 28.5 Å². The van der Waals surface area contributed by atoms with Gasteiger partial charge >= 0.3 is 6.18 Å². The van der Waals surface area contributed by atoms with E-state index in [9.17, 15) is 27.5 Å². The summed E-state index contributed by atoms with van der Waals surface area (Å²) in [7, 11) is 1.42. The fraction of sp³-hybridized carbons (Fsp3) is 0.344. The number of methoxy groups -OCH3 is 1. The van der Waals surface area contributed by atoms with Gasteiger partial charge in [-0.25, -0.2) is 14.4 Å². The summed E-state index contributed by atoms with van der Waals surface area (Å²) in [5.41, 5.74) is -2.30. The highest BCUT2D eigenvalue weighted by atomic mass is 19.4. The highest BCUT2D eigenvalue weighted by Gasteiger charge is 2.56. The average Bonchev–Trinajstić information content (AvgIpc) is 3.25. The second kappa shape index (κ2) is 10.3. The van der Waals surface area contributed by atoms with Gasteiger partial charge in [0.05, 0.1) is 19.4 Å². The van der Waals surface area contributed by atoms with Gasteiger partial charge < -0.3 is 14.6 Å². The van der Waals surface area contributed by atoms with E-state index in [-0.39, 0.29) is 29.2 Å². The lowest BCUT2D eigenvalue weighted by atomic mass is 9.83. The van der Waals surface area contributed by atoms with E-state index < -0.39 is 47.3 Å². The molecule has 1 aliphatic heterocycles. The number of carbonyl (C=O) groups is 1. The molecular formula is C32H30F4N2O4. The van der Waals surface area contributed by atoms with Crippen molar-refractivity contribution in [3.8, 4) is 22.8 Å². The summed E-state index contributed by atoms with van der Waals surface area (Å²) in [6.07, 6.45) is -6.78. The van der Waals surface area contributed by atoms with E-state index in [0.29, 0.717) is 27.8 Å². The third kappa shape index (κ3) is 5.08. The standard InChI is InChI=1S/C32H30F4N2O4/c1-17-12-19(8-9-23(17)33)28-29-22(30(3,4)16-42-29)15-26(38-28)31(40,32(34,35)36)11-10-24(39)21-13-20-7-6-18(2)37-27(20)25(14-21)41-5/h6-9,12-15,40H,10-11,16H2,1-5H3. The van der Waals surface area contributed by atoms with Crippen LogP contribution in [0.2, 0.25) is 0 Å². The van der Waals surface area contributed by atoms with Crippen LogP contribution < -0.4 is 9.47 Å². The van der Waals surface area contributed by atoms with Gasteiger partial charge in [0.15, 0.2) is 5.78 Å². The highest BCUT2D eigenvalue weighted by molar-refractivity contribution is 6.01. The van der Waals surface area contributed by atoms with Gasteiger partial charge in [-0.3, -0.25) is 4.79 Å². The molecular weight excluding hydrogens is 552 g/mol. The number of ether oxygens (including phenoxy) is 2. The Hall–Kier alpha value is -4.05. The summed E-state index contributed by atoms with van der Waals surface area (Å²) in [6, 6.07) is 11.8. The minimum Gasteiger partial charge on any atom is -0.494 e. The molecule has 0 spiro atoms. The quantitative estimate of drug-likeness (QED) is 0.184. The van der Waals surface area contributed by atoms with Gasteiger partial charge in [-0.05, 0) is 68.3 Å². The summed E-state index contributed by atoms with van der Waals surface area (Å²) in [5.74, 6) is -0.498. The monoisotopic (exact) mass is 582 g/mol. The molecule has 0 saturated carbocycles. The SMILES string of the molecule is COc1cc(C(=O)CCC(O)(c2cc3c(c(-c4ccc(F)c(C)c4)n2)OCC3(C)C)C(F)(F)F)cc2ccc(C)nc12. The van der Waals surface area contributed by atoms with E-state index in [1.807, 2.05) is 13.8 Å². The number of pyridine rings is 2. The molecule has 1 atom stereocenters. The van der Waals surface area contributed by atoms with Gasteiger partial charge in [-0.1, -0.05) is 19.9 Å². The minimum atomic E-state index is -5.17. The number of aliphatic hydroxyl groups is 1. The molecule has 0 saturated heterocycles. The molecule has 10 heteroatoms. The number of carbonyl (C=O) groups excluding carboxylic acids is 1. The van der Waals surface area contributed by atoms with Crippen molar-refractivity contribution < 1.29 is 36.9 Å². The number of nitrogens with zero attached hydrogens (tertiary/aromatic N) is 2. The maximum atomic E-state index is 14.7. The van der Waals surface area contributed by atoms with Crippen molar-refractivity contribution in [1.82, 2.24) is 9.97 Å². The van der Waals surface area contributed by atoms with Crippen molar-refractivity contribution in [1.29, 1.82) is 0 Å². The van der Waals surface area contributed by atoms with E-state index in [0.717, 1.165) is 5.69 Å². The van der Waals surface area contributed by atoms with Crippen molar-refractivity contribution in [2.75, 3.05) is 13.7 Å². The lowest BCUT2D eigenvalue weighted by Crippen LogP contribution is -2.43. The Bertz CT molecular complexity index is 1720. The van der Waals surface area contributed by atoms with Crippen molar-refractivity contribution >= 4 is 16.7 Å². The molecule has 4 aromatic rings. The molecule has 1 N–H and O–H groups in total. The smallest absolute Gasteiger partial charge is 0.422 e. The third-order valence-electron chi connectivity index (χ3n) is 7.76. The fourth-order valence-electron chi connectivity index (χ4n) is 5.18. The molecule has 42 heavy (non-hydrogen) atoms. The summed E-state index contributed by atoms with van der Waals surface area (Å²) in [5, 5.41) is 11.9. The van der Waals surface area contributed by atoms with Crippen LogP contribution in [0.3, 0.4) is 0 Å². The molecule has 3 heterocycles. The van der Waals surface area contributed by atoms with Crippen LogP contribution in [-0.2, 0) is 11.0 Å². The molecule has 0 fully saturated rings. The van der Waals surface area contributed by atoms with Crippen molar-refractivity contribution in [3.05, 3.63) is 82.4 Å². The van der Waals surface area contributed by atoms with Gasteiger partial charge in [0.25, 0.3) is 0 Å². The van der Waals surface area contributed by atoms with Crippen LogP contribution >= 0.6 is 0 Å². The van der Waals surface area contributed by atoms with Crippen LogP contribution in [0.25, 0.3) is 22.2 Å². The van der Waals surface area contributed by atoms with Crippen LogP contribution in [0.15, 0.2) is 48.5 Å². The molecule has 220 valence electrons. The van der Waals surface area contributed by atoms with Crippen LogP contribution in [0.4, 0.5) is 17.6 Å². The van der Waals surface area contributed by atoms with Gasteiger partial charge in [-0.15, -0.1) is 0 Å². The second-order valence-corrected chi connectivity index (χ2v) is 11.4. The highest BCUT2D eigenvalue weighted by Crippen LogP contribution is 2.49. The number of aryl methyl sites for hydroxylation is 2. The van der Waals surface area contributed by atoms with Gasteiger partial charge in [0.2, 0.25) is 5.60 Å². The Labute approximate surface area is 240 Å². The Morgan fingerprint density at radius 1 is 1.07 bits per heavy atom. The first kappa shape index (κ1) is 29.4. The number of benzene rings is 2. The van der Waals surface area contributed by atoms with Gasteiger partial charge in [0, 0.05) is 39.6 Å². The normalized spacial score (nSPS) is 15.7. The molecule has 0 aliphatic carbocycles. The molecule has 2 aromatic heterocycles. The first-order chi connectivity index (χ1) is 19.6. The fourth-order valence-corrected chi connectivity index (χ4v) is 5.18. The Kier molecular flexibility index (Phi) is 7.25.